The van der Waals surface area contributed by atoms with Crippen molar-refractivity contribution in [2.24, 2.45) is 0 Å². The minimum atomic E-state index is -0.286. The largest absolute Gasteiger partial charge is 0.496 e. The van der Waals surface area contributed by atoms with E-state index >= 15 is 0 Å². The summed E-state index contributed by atoms with van der Waals surface area (Å²) in [7, 11) is 1.61. The van der Waals surface area contributed by atoms with Gasteiger partial charge in [-0.3, -0.25) is 4.79 Å². The molecule has 1 unspecified atom stereocenters. The minimum Gasteiger partial charge on any atom is -0.496 e. The zero-order valence-corrected chi connectivity index (χ0v) is 13.0. The topological polar surface area (TPSA) is 29.5 Å². The van der Waals surface area contributed by atoms with Gasteiger partial charge < -0.3 is 9.64 Å². The smallest absolute Gasteiger partial charge is 0.234 e. The summed E-state index contributed by atoms with van der Waals surface area (Å²) < 4.78 is 19.3. The summed E-state index contributed by atoms with van der Waals surface area (Å²) in [6.07, 6.45) is 0. The SMILES string of the molecule is COc1ccccc1C1SCC(=O)N1Cc1ccccc1F. The molecule has 3 nitrogen and oxygen atoms in total. The summed E-state index contributed by atoms with van der Waals surface area (Å²) in [6, 6.07) is 14.2. The molecule has 0 aromatic heterocycles. The first kappa shape index (κ1) is 14.9. The van der Waals surface area contributed by atoms with Gasteiger partial charge >= 0.3 is 0 Å². The van der Waals surface area contributed by atoms with E-state index in [1.807, 2.05) is 24.3 Å². The maximum absolute atomic E-state index is 13.9. The molecule has 22 heavy (non-hydrogen) atoms. The summed E-state index contributed by atoms with van der Waals surface area (Å²) in [6.45, 7) is 0.265. The molecule has 0 saturated carbocycles. The highest BCUT2D eigenvalue weighted by molar-refractivity contribution is 8.00. The van der Waals surface area contributed by atoms with Crippen LogP contribution in [0.2, 0.25) is 0 Å². The van der Waals surface area contributed by atoms with Gasteiger partial charge in [0.2, 0.25) is 5.91 Å². The van der Waals surface area contributed by atoms with Gasteiger partial charge in [-0.05, 0) is 12.1 Å². The van der Waals surface area contributed by atoms with E-state index in [4.69, 9.17) is 4.74 Å². The van der Waals surface area contributed by atoms with Crippen LogP contribution in [0.3, 0.4) is 0 Å². The average Bonchev–Trinajstić information content (AvgIpc) is 2.90. The van der Waals surface area contributed by atoms with Crippen LogP contribution in [-0.4, -0.2) is 23.7 Å². The van der Waals surface area contributed by atoms with Crippen LogP contribution in [0.25, 0.3) is 0 Å². The number of nitrogens with zero attached hydrogens (tertiary/aromatic N) is 1. The predicted octanol–water partition coefficient (Wildman–Crippen LogP) is 3.61. The monoisotopic (exact) mass is 317 g/mol. The summed E-state index contributed by atoms with van der Waals surface area (Å²) in [5, 5.41) is -0.150. The maximum atomic E-state index is 13.9. The number of amides is 1. The highest BCUT2D eigenvalue weighted by Gasteiger charge is 2.34. The van der Waals surface area contributed by atoms with E-state index in [1.165, 1.54) is 6.07 Å². The van der Waals surface area contributed by atoms with E-state index in [0.717, 1.165) is 11.3 Å². The molecule has 0 spiro atoms. The number of hydrogen-bond acceptors (Lipinski definition) is 3. The molecule has 2 aromatic carbocycles. The molecular formula is C17H16FNO2S. The Morgan fingerprint density at radius 2 is 1.95 bits per heavy atom. The molecule has 5 heteroatoms. The zero-order chi connectivity index (χ0) is 15.5. The van der Waals surface area contributed by atoms with Crippen molar-refractivity contribution in [3.63, 3.8) is 0 Å². The fourth-order valence-corrected chi connectivity index (χ4v) is 3.78. The molecule has 0 aliphatic carbocycles. The number of para-hydroxylation sites is 1. The molecule has 114 valence electrons. The Labute approximate surface area is 133 Å². The van der Waals surface area contributed by atoms with Gasteiger partial charge in [-0.25, -0.2) is 4.39 Å². The second kappa shape index (κ2) is 6.40. The average molecular weight is 317 g/mol. The summed E-state index contributed by atoms with van der Waals surface area (Å²) in [4.78, 5) is 13.9. The Morgan fingerprint density at radius 1 is 1.23 bits per heavy atom. The molecule has 1 aliphatic rings. The van der Waals surface area contributed by atoms with Crippen LogP contribution in [0.4, 0.5) is 4.39 Å². The van der Waals surface area contributed by atoms with Crippen LogP contribution < -0.4 is 4.74 Å². The number of methoxy groups -OCH3 is 1. The summed E-state index contributed by atoms with van der Waals surface area (Å²) in [5.74, 6) is 0.875. The number of halogens is 1. The standard InChI is InChI=1S/C17H16FNO2S/c1-21-15-9-5-3-7-13(15)17-19(16(20)11-22-17)10-12-6-2-4-8-14(12)18/h2-9,17H,10-11H2,1H3. The van der Waals surface area contributed by atoms with Crippen LogP contribution >= 0.6 is 11.8 Å². The lowest BCUT2D eigenvalue weighted by atomic mass is 10.1. The van der Waals surface area contributed by atoms with Crippen molar-refractivity contribution in [2.75, 3.05) is 12.9 Å². The Morgan fingerprint density at radius 3 is 2.73 bits per heavy atom. The molecule has 1 saturated heterocycles. The Kier molecular flexibility index (Phi) is 4.34. The third-order valence-corrected chi connectivity index (χ3v) is 4.91. The normalized spacial score (nSPS) is 17.8. The molecular weight excluding hydrogens is 301 g/mol. The number of thioether (sulfide) groups is 1. The molecule has 2 aromatic rings. The number of hydrogen-bond donors (Lipinski definition) is 0. The fraction of sp³-hybridized carbons (Fsp3) is 0.235. The van der Waals surface area contributed by atoms with Crippen molar-refractivity contribution in [2.45, 2.75) is 11.9 Å². The van der Waals surface area contributed by atoms with Gasteiger partial charge in [0.25, 0.3) is 0 Å². The van der Waals surface area contributed by atoms with Crippen LogP contribution in [-0.2, 0) is 11.3 Å². The first-order valence-electron chi connectivity index (χ1n) is 6.98. The first-order chi connectivity index (χ1) is 10.7. The number of carbonyl (C=O) groups is 1. The third kappa shape index (κ3) is 2.81. The van der Waals surface area contributed by atoms with E-state index in [9.17, 15) is 9.18 Å². The van der Waals surface area contributed by atoms with Crippen molar-refractivity contribution in [1.82, 2.24) is 4.90 Å². The molecule has 1 aliphatic heterocycles. The summed E-state index contributed by atoms with van der Waals surface area (Å²) in [5.41, 5.74) is 1.47. The number of rotatable bonds is 4. The number of carbonyl (C=O) groups excluding carboxylic acids is 1. The maximum Gasteiger partial charge on any atom is 0.234 e. The summed E-state index contributed by atoms with van der Waals surface area (Å²) >= 11 is 1.54. The van der Waals surface area contributed by atoms with Gasteiger partial charge in [-0.1, -0.05) is 36.4 Å². The predicted molar refractivity (Wildman–Crippen MR) is 85.1 cm³/mol. The van der Waals surface area contributed by atoms with Crippen molar-refractivity contribution >= 4 is 17.7 Å². The molecule has 1 atom stereocenters. The second-order valence-corrected chi connectivity index (χ2v) is 6.09. The van der Waals surface area contributed by atoms with Crippen molar-refractivity contribution in [3.05, 3.63) is 65.5 Å². The molecule has 1 heterocycles. The molecule has 1 amide bonds. The second-order valence-electron chi connectivity index (χ2n) is 5.02. The van der Waals surface area contributed by atoms with Crippen LogP contribution in [0.5, 0.6) is 5.75 Å². The lowest BCUT2D eigenvalue weighted by Crippen LogP contribution is -2.28. The van der Waals surface area contributed by atoms with E-state index in [-0.39, 0.29) is 23.6 Å². The molecule has 3 rings (SSSR count). The van der Waals surface area contributed by atoms with Crippen molar-refractivity contribution < 1.29 is 13.9 Å². The molecule has 1 fully saturated rings. The zero-order valence-electron chi connectivity index (χ0n) is 12.2. The fourth-order valence-electron chi connectivity index (χ4n) is 2.56. The molecule has 0 bridgehead atoms. The quantitative estimate of drug-likeness (QED) is 0.863. The van der Waals surface area contributed by atoms with Crippen LogP contribution in [0, 0.1) is 5.82 Å². The molecule has 0 radical (unpaired) electrons. The number of benzene rings is 2. The minimum absolute atomic E-state index is 0.0177. The molecule has 0 N–H and O–H groups in total. The van der Waals surface area contributed by atoms with Gasteiger partial charge in [-0.15, -0.1) is 11.8 Å². The van der Waals surface area contributed by atoms with Crippen LogP contribution in [0.1, 0.15) is 16.5 Å². The van der Waals surface area contributed by atoms with Gasteiger partial charge in [-0.2, -0.15) is 0 Å². The van der Waals surface area contributed by atoms with Crippen molar-refractivity contribution in [1.29, 1.82) is 0 Å². The van der Waals surface area contributed by atoms with E-state index in [2.05, 4.69) is 0 Å². The highest BCUT2D eigenvalue weighted by atomic mass is 32.2. The van der Waals surface area contributed by atoms with E-state index in [0.29, 0.717) is 11.3 Å². The van der Waals surface area contributed by atoms with Crippen LogP contribution in [0.15, 0.2) is 48.5 Å². The van der Waals surface area contributed by atoms with E-state index in [1.54, 1.807) is 42.0 Å². The third-order valence-electron chi connectivity index (χ3n) is 3.67. The van der Waals surface area contributed by atoms with E-state index < -0.39 is 0 Å². The van der Waals surface area contributed by atoms with Gasteiger partial charge in [0, 0.05) is 17.7 Å². The first-order valence-corrected chi connectivity index (χ1v) is 8.03. The van der Waals surface area contributed by atoms with Gasteiger partial charge in [0.15, 0.2) is 0 Å². The Bertz CT molecular complexity index is 692. The van der Waals surface area contributed by atoms with Crippen molar-refractivity contribution in [3.8, 4) is 5.75 Å². The number of ether oxygens (including phenoxy) is 1. The van der Waals surface area contributed by atoms with Gasteiger partial charge in [0.1, 0.15) is 16.9 Å². The Balaban J connectivity index is 1.91. The van der Waals surface area contributed by atoms with Gasteiger partial charge in [0.05, 0.1) is 12.9 Å². The Hall–Kier alpha value is -2.01. The highest BCUT2D eigenvalue weighted by Crippen LogP contribution is 2.43. The lowest BCUT2D eigenvalue weighted by Gasteiger charge is -2.25. The lowest BCUT2D eigenvalue weighted by molar-refractivity contribution is -0.128.